The van der Waals surface area contributed by atoms with Crippen molar-refractivity contribution in [1.29, 1.82) is 0 Å². The van der Waals surface area contributed by atoms with Crippen molar-refractivity contribution in [2.75, 3.05) is 11.7 Å². The molecule has 170 valence electrons. The molecule has 0 aliphatic carbocycles. The van der Waals surface area contributed by atoms with E-state index in [0.29, 0.717) is 23.8 Å². The number of benzene rings is 3. The molecule has 6 heteroatoms. The minimum atomic E-state index is -3.81. The van der Waals surface area contributed by atoms with Crippen molar-refractivity contribution in [3.63, 3.8) is 0 Å². The van der Waals surface area contributed by atoms with Crippen LogP contribution in [0.2, 0.25) is 0 Å². The summed E-state index contributed by atoms with van der Waals surface area (Å²) in [5.74, 6) is 1.81. The summed E-state index contributed by atoms with van der Waals surface area (Å²) in [6.45, 7) is 10.7. The highest BCUT2D eigenvalue weighted by molar-refractivity contribution is 7.56. The highest BCUT2D eigenvalue weighted by atomic mass is 31.2. The van der Waals surface area contributed by atoms with E-state index in [1.807, 2.05) is 76.2 Å². The van der Waals surface area contributed by atoms with Crippen LogP contribution in [0, 0.1) is 27.7 Å². The lowest BCUT2D eigenvalue weighted by Gasteiger charge is -2.23. The Kier molecular flexibility index (Phi) is 7.87. The van der Waals surface area contributed by atoms with Gasteiger partial charge in [0.25, 0.3) is 0 Å². The molecule has 0 unspecified atom stereocenters. The highest BCUT2D eigenvalue weighted by Gasteiger charge is 2.30. The van der Waals surface area contributed by atoms with Crippen molar-refractivity contribution in [2.24, 2.45) is 0 Å². The van der Waals surface area contributed by atoms with Crippen LogP contribution in [0.15, 0.2) is 60.7 Å². The van der Waals surface area contributed by atoms with Crippen molar-refractivity contribution < 1.29 is 18.3 Å². The molecular formula is C26H32NO4P. The van der Waals surface area contributed by atoms with Crippen LogP contribution >= 0.6 is 7.75 Å². The zero-order valence-electron chi connectivity index (χ0n) is 19.5. The summed E-state index contributed by atoms with van der Waals surface area (Å²) >= 11 is 0. The number of anilines is 1. The maximum absolute atomic E-state index is 14.0. The van der Waals surface area contributed by atoms with Crippen LogP contribution < -0.4 is 18.9 Å². The third kappa shape index (κ3) is 6.08. The normalized spacial score (nSPS) is 11.2. The molecule has 3 rings (SSSR count). The number of aryl methyl sites for hydroxylation is 2. The van der Waals surface area contributed by atoms with E-state index in [9.17, 15) is 4.57 Å². The van der Waals surface area contributed by atoms with Crippen LogP contribution in [0.3, 0.4) is 0 Å². The zero-order chi connectivity index (χ0) is 23.1. The Labute approximate surface area is 191 Å². The van der Waals surface area contributed by atoms with Gasteiger partial charge in [0.2, 0.25) is 0 Å². The Balaban J connectivity index is 1.88. The maximum Gasteiger partial charge on any atom is 0.541 e. The molecule has 5 nitrogen and oxygen atoms in total. The van der Waals surface area contributed by atoms with E-state index in [2.05, 4.69) is 12.0 Å². The van der Waals surface area contributed by atoms with E-state index in [4.69, 9.17) is 13.8 Å². The molecule has 0 heterocycles. The molecule has 0 aliphatic rings. The lowest BCUT2D eigenvalue weighted by Crippen LogP contribution is -2.11. The Morgan fingerprint density at radius 2 is 1.31 bits per heavy atom. The van der Waals surface area contributed by atoms with E-state index in [1.54, 1.807) is 12.1 Å². The number of hydrogen-bond acceptors (Lipinski definition) is 4. The quantitative estimate of drug-likeness (QED) is 0.251. The Bertz CT molecular complexity index is 1040. The van der Waals surface area contributed by atoms with Gasteiger partial charge in [-0.15, -0.1) is 0 Å². The van der Waals surface area contributed by atoms with Crippen molar-refractivity contribution in [2.45, 2.75) is 47.5 Å². The van der Waals surface area contributed by atoms with Gasteiger partial charge in [0.15, 0.2) is 0 Å². The summed E-state index contributed by atoms with van der Waals surface area (Å²) in [7, 11) is -3.81. The minimum Gasteiger partial charge on any atom is -0.494 e. The topological polar surface area (TPSA) is 56.8 Å². The van der Waals surface area contributed by atoms with Gasteiger partial charge in [0.05, 0.1) is 6.61 Å². The predicted octanol–water partition coefficient (Wildman–Crippen LogP) is 7.78. The average Bonchev–Trinajstić information content (AvgIpc) is 2.76. The lowest BCUT2D eigenvalue weighted by molar-refractivity contribution is 0.309. The first kappa shape index (κ1) is 23.7. The summed E-state index contributed by atoms with van der Waals surface area (Å²) in [6, 6.07) is 18.6. The van der Waals surface area contributed by atoms with Gasteiger partial charge in [0.1, 0.15) is 17.2 Å². The van der Waals surface area contributed by atoms with Gasteiger partial charge in [-0.2, -0.15) is 0 Å². The SMILES string of the molecule is CCCCOc1ccc(NP(=O)(Oc2cccc(C)c2C)Oc2cccc(C)c2C)cc1. The van der Waals surface area contributed by atoms with Crippen LogP contribution in [-0.4, -0.2) is 6.61 Å². The van der Waals surface area contributed by atoms with Gasteiger partial charge in [0, 0.05) is 5.69 Å². The molecule has 32 heavy (non-hydrogen) atoms. The molecule has 0 aliphatic heterocycles. The molecule has 1 N–H and O–H groups in total. The summed E-state index contributed by atoms with van der Waals surface area (Å²) in [4.78, 5) is 0. The molecule has 0 saturated heterocycles. The number of ether oxygens (including phenoxy) is 1. The Morgan fingerprint density at radius 3 is 1.81 bits per heavy atom. The first-order valence-electron chi connectivity index (χ1n) is 10.9. The zero-order valence-corrected chi connectivity index (χ0v) is 20.4. The molecule has 3 aromatic rings. The molecule has 0 atom stereocenters. The number of unbranched alkanes of at least 4 members (excludes halogenated alkanes) is 1. The molecule has 0 bridgehead atoms. The first-order valence-corrected chi connectivity index (χ1v) is 12.5. The van der Waals surface area contributed by atoms with Crippen molar-refractivity contribution >= 4 is 13.4 Å². The molecule has 0 saturated carbocycles. The predicted molar refractivity (Wildman–Crippen MR) is 131 cm³/mol. The van der Waals surface area contributed by atoms with E-state index >= 15 is 0 Å². The van der Waals surface area contributed by atoms with Gasteiger partial charge in [-0.3, -0.25) is 5.09 Å². The molecule has 0 spiro atoms. The largest absolute Gasteiger partial charge is 0.541 e. The molecular weight excluding hydrogens is 421 g/mol. The Hall–Kier alpha value is -2.91. The van der Waals surface area contributed by atoms with Crippen LogP contribution in [0.25, 0.3) is 0 Å². The Morgan fingerprint density at radius 1 is 0.781 bits per heavy atom. The molecule has 0 amide bonds. The van der Waals surface area contributed by atoms with Gasteiger partial charge >= 0.3 is 7.75 Å². The monoisotopic (exact) mass is 453 g/mol. The van der Waals surface area contributed by atoms with E-state index in [0.717, 1.165) is 40.8 Å². The fourth-order valence-electron chi connectivity index (χ4n) is 3.09. The second kappa shape index (κ2) is 10.6. The summed E-state index contributed by atoms with van der Waals surface area (Å²) in [5.41, 5.74) is 4.55. The standard InChI is InChI=1S/C26H32NO4P/c1-6-7-18-29-24-16-14-23(15-17-24)27-32(28,30-25-12-8-10-19(2)21(25)4)31-26-13-9-11-20(3)22(26)5/h8-17H,6-7,18H2,1-5H3,(H,27,28). The number of rotatable bonds is 10. The molecule has 3 aromatic carbocycles. The second-order valence-corrected chi connectivity index (χ2v) is 9.50. The van der Waals surface area contributed by atoms with E-state index in [-0.39, 0.29) is 0 Å². The smallest absolute Gasteiger partial charge is 0.494 e. The van der Waals surface area contributed by atoms with Gasteiger partial charge in [-0.25, -0.2) is 4.57 Å². The minimum absolute atomic E-state index is 0.519. The van der Waals surface area contributed by atoms with Crippen LogP contribution in [-0.2, 0) is 4.57 Å². The van der Waals surface area contributed by atoms with Crippen molar-refractivity contribution in [3.8, 4) is 17.2 Å². The van der Waals surface area contributed by atoms with Crippen LogP contribution in [0.5, 0.6) is 17.2 Å². The molecule has 0 aromatic heterocycles. The molecule has 0 radical (unpaired) electrons. The van der Waals surface area contributed by atoms with Crippen LogP contribution in [0.4, 0.5) is 5.69 Å². The first-order chi connectivity index (χ1) is 15.3. The third-order valence-corrected chi connectivity index (χ3v) is 6.84. The summed E-state index contributed by atoms with van der Waals surface area (Å²) in [5, 5.41) is 3.00. The lowest BCUT2D eigenvalue weighted by atomic mass is 10.1. The van der Waals surface area contributed by atoms with Gasteiger partial charge in [-0.05, 0) is 92.8 Å². The maximum atomic E-state index is 14.0. The van der Waals surface area contributed by atoms with Crippen molar-refractivity contribution in [3.05, 3.63) is 82.9 Å². The fraction of sp³-hybridized carbons (Fsp3) is 0.308. The van der Waals surface area contributed by atoms with Gasteiger partial charge in [-0.1, -0.05) is 37.6 Å². The fourth-order valence-corrected chi connectivity index (χ4v) is 4.59. The van der Waals surface area contributed by atoms with E-state index < -0.39 is 7.75 Å². The van der Waals surface area contributed by atoms with E-state index in [1.165, 1.54) is 0 Å². The van der Waals surface area contributed by atoms with Crippen molar-refractivity contribution in [1.82, 2.24) is 0 Å². The third-order valence-electron chi connectivity index (χ3n) is 5.43. The second-order valence-electron chi connectivity index (χ2n) is 7.91. The summed E-state index contributed by atoms with van der Waals surface area (Å²) < 4.78 is 31.7. The summed E-state index contributed by atoms with van der Waals surface area (Å²) in [6.07, 6.45) is 2.08. The average molecular weight is 454 g/mol. The highest BCUT2D eigenvalue weighted by Crippen LogP contribution is 2.50. The van der Waals surface area contributed by atoms with Gasteiger partial charge < -0.3 is 13.8 Å². The van der Waals surface area contributed by atoms with Crippen LogP contribution in [0.1, 0.15) is 42.0 Å². The number of hydrogen-bond donors (Lipinski definition) is 1. The molecule has 0 fully saturated rings. The number of nitrogens with one attached hydrogen (secondary N) is 1.